The van der Waals surface area contributed by atoms with Gasteiger partial charge in [-0.25, -0.2) is 8.70 Å². The molecule has 0 aromatic heterocycles. The van der Waals surface area contributed by atoms with Crippen LogP contribution < -0.4 is 9.62 Å². The van der Waals surface area contributed by atoms with Crippen LogP contribution in [0.1, 0.15) is 33.3 Å². The second-order valence-corrected chi connectivity index (χ2v) is 11.8. The Morgan fingerprint density at radius 2 is 1.69 bits per heavy atom. The number of hydrogen-bond acceptors (Lipinski definition) is 4. The van der Waals surface area contributed by atoms with Gasteiger partial charge in [-0.15, -0.1) is 0 Å². The molecule has 0 unspecified atom stereocenters. The Labute approximate surface area is 211 Å². The third kappa shape index (κ3) is 7.91. The first kappa shape index (κ1) is 28.5. The fourth-order valence-corrected chi connectivity index (χ4v) is 4.48. The molecule has 0 radical (unpaired) electrons. The first-order valence-corrected chi connectivity index (χ1v) is 12.7. The maximum absolute atomic E-state index is 13.6. The molecule has 0 saturated carbocycles. The zero-order chi connectivity index (χ0) is 26.6. The minimum atomic E-state index is -4.11. The van der Waals surface area contributed by atoms with E-state index in [1.54, 1.807) is 31.2 Å². The number of nitrogens with zero attached hydrogens (tertiary/aromatic N) is 3. The molecular weight excluding hydrogens is 495 g/mol. The monoisotopic (exact) mass is 526 g/mol. The normalized spacial score (nSPS) is 12.8. The Balaban J connectivity index is 2.46. The molecule has 0 fully saturated rings. The fourth-order valence-electron chi connectivity index (χ4n) is 3.21. The number of rotatable bonds is 9. The van der Waals surface area contributed by atoms with Crippen LogP contribution in [-0.4, -0.2) is 61.7 Å². The molecule has 2 amide bonds. The average Bonchev–Trinajstić information content (AvgIpc) is 2.74. The lowest BCUT2D eigenvalue weighted by molar-refractivity contribution is -0.140. The van der Waals surface area contributed by atoms with E-state index in [2.05, 4.69) is 5.32 Å². The highest BCUT2D eigenvalue weighted by Crippen LogP contribution is 2.22. The summed E-state index contributed by atoms with van der Waals surface area (Å²) >= 11 is 6.10. The van der Waals surface area contributed by atoms with Crippen LogP contribution in [0.4, 0.5) is 10.1 Å². The number of halogens is 2. The number of carbonyl (C=O) groups excluding carboxylic acids is 2. The van der Waals surface area contributed by atoms with Gasteiger partial charge in [0, 0.05) is 31.2 Å². The summed E-state index contributed by atoms with van der Waals surface area (Å²) in [5.74, 6) is -1.55. The van der Waals surface area contributed by atoms with Crippen LogP contribution in [0.5, 0.6) is 0 Å². The van der Waals surface area contributed by atoms with Gasteiger partial charge in [-0.05, 0) is 69.7 Å². The summed E-state index contributed by atoms with van der Waals surface area (Å²) in [6, 6.07) is 10.7. The highest BCUT2D eigenvalue weighted by atomic mass is 35.5. The van der Waals surface area contributed by atoms with Crippen LogP contribution in [0.25, 0.3) is 0 Å². The van der Waals surface area contributed by atoms with E-state index in [0.29, 0.717) is 10.6 Å². The SMILES string of the molecule is C[C@@H](C(=O)NC(C)(C)C)N(Cc1cccc(Cl)c1)C(=O)CN(c1ccc(F)cc1)S(=O)(=O)N(C)C. The molecule has 2 rings (SSSR count). The van der Waals surface area contributed by atoms with Crippen molar-refractivity contribution in [2.24, 2.45) is 0 Å². The van der Waals surface area contributed by atoms with Crippen molar-refractivity contribution in [2.75, 3.05) is 24.9 Å². The molecule has 192 valence electrons. The Morgan fingerprint density at radius 3 is 2.20 bits per heavy atom. The van der Waals surface area contributed by atoms with Gasteiger partial charge in [-0.1, -0.05) is 23.7 Å². The number of benzene rings is 2. The maximum atomic E-state index is 13.6. The van der Waals surface area contributed by atoms with Gasteiger partial charge in [0.05, 0.1) is 5.69 Å². The molecule has 0 aliphatic carbocycles. The van der Waals surface area contributed by atoms with Crippen molar-refractivity contribution >= 4 is 39.3 Å². The molecule has 35 heavy (non-hydrogen) atoms. The fraction of sp³-hybridized carbons (Fsp3) is 0.417. The first-order valence-electron chi connectivity index (χ1n) is 10.9. The van der Waals surface area contributed by atoms with E-state index in [0.717, 1.165) is 20.7 Å². The van der Waals surface area contributed by atoms with Crippen molar-refractivity contribution in [2.45, 2.75) is 45.8 Å². The molecule has 11 heteroatoms. The Kier molecular flexibility index (Phi) is 9.27. The smallest absolute Gasteiger partial charge is 0.304 e. The molecule has 0 spiro atoms. The van der Waals surface area contributed by atoms with E-state index in [-0.39, 0.29) is 12.2 Å². The molecule has 2 aromatic carbocycles. The standard InChI is InChI=1S/C24H32ClFN4O4S/c1-17(23(32)27-24(2,3)4)29(15-18-8-7-9-19(25)14-18)22(31)16-30(35(33,34)28(5)6)21-12-10-20(26)11-13-21/h7-14,17H,15-16H2,1-6H3,(H,27,32)/t17-/m0/s1. The van der Waals surface area contributed by atoms with Crippen LogP contribution in [0.3, 0.4) is 0 Å². The van der Waals surface area contributed by atoms with E-state index >= 15 is 0 Å². The average molecular weight is 527 g/mol. The zero-order valence-electron chi connectivity index (χ0n) is 20.7. The molecule has 0 heterocycles. The van der Waals surface area contributed by atoms with E-state index in [9.17, 15) is 22.4 Å². The lowest BCUT2D eigenvalue weighted by atomic mass is 10.1. The van der Waals surface area contributed by atoms with Crippen LogP contribution >= 0.6 is 11.6 Å². The van der Waals surface area contributed by atoms with Crippen molar-refractivity contribution in [3.63, 3.8) is 0 Å². The Morgan fingerprint density at radius 1 is 1.09 bits per heavy atom. The topological polar surface area (TPSA) is 90.0 Å². The summed E-state index contributed by atoms with van der Waals surface area (Å²) in [6.07, 6.45) is 0. The van der Waals surface area contributed by atoms with Crippen LogP contribution in [0.2, 0.25) is 5.02 Å². The molecule has 0 saturated heterocycles. The van der Waals surface area contributed by atoms with Gasteiger partial charge in [-0.2, -0.15) is 12.7 Å². The van der Waals surface area contributed by atoms with E-state index in [1.165, 1.54) is 31.1 Å². The number of amides is 2. The molecule has 1 atom stereocenters. The molecule has 0 bridgehead atoms. The predicted octanol–water partition coefficient (Wildman–Crippen LogP) is 3.42. The van der Waals surface area contributed by atoms with Gasteiger partial charge >= 0.3 is 10.2 Å². The number of carbonyl (C=O) groups is 2. The number of anilines is 1. The predicted molar refractivity (Wildman–Crippen MR) is 136 cm³/mol. The first-order chi connectivity index (χ1) is 16.1. The largest absolute Gasteiger partial charge is 0.350 e. The Hall–Kier alpha value is -2.69. The number of hydrogen-bond donors (Lipinski definition) is 1. The van der Waals surface area contributed by atoms with Gasteiger partial charge in [0.2, 0.25) is 11.8 Å². The molecule has 0 aliphatic heterocycles. The van der Waals surface area contributed by atoms with Crippen LogP contribution in [-0.2, 0) is 26.3 Å². The third-order valence-corrected chi connectivity index (χ3v) is 7.10. The highest BCUT2D eigenvalue weighted by Gasteiger charge is 2.33. The molecule has 2 aromatic rings. The molecule has 8 nitrogen and oxygen atoms in total. The summed E-state index contributed by atoms with van der Waals surface area (Å²) in [4.78, 5) is 27.8. The van der Waals surface area contributed by atoms with E-state index in [4.69, 9.17) is 11.6 Å². The summed E-state index contributed by atoms with van der Waals surface area (Å²) in [5.41, 5.74) is 0.248. The number of nitrogens with one attached hydrogen (secondary N) is 1. The summed E-state index contributed by atoms with van der Waals surface area (Å²) in [7, 11) is -1.45. The minimum absolute atomic E-state index is 0.0252. The third-order valence-electron chi connectivity index (χ3n) is 5.04. The van der Waals surface area contributed by atoms with Crippen molar-refractivity contribution in [3.05, 3.63) is 64.9 Å². The lowest BCUT2D eigenvalue weighted by Crippen LogP contribution is -2.54. The highest BCUT2D eigenvalue weighted by molar-refractivity contribution is 7.90. The van der Waals surface area contributed by atoms with Crippen molar-refractivity contribution in [1.29, 1.82) is 0 Å². The van der Waals surface area contributed by atoms with Gasteiger partial charge in [0.15, 0.2) is 0 Å². The second kappa shape index (κ2) is 11.4. The second-order valence-electron chi connectivity index (χ2n) is 9.34. The van der Waals surface area contributed by atoms with E-state index < -0.39 is 46.0 Å². The molecule has 1 N–H and O–H groups in total. The molecule has 0 aliphatic rings. The summed E-state index contributed by atoms with van der Waals surface area (Å²) in [5, 5.41) is 3.31. The van der Waals surface area contributed by atoms with Crippen LogP contribution in [0, 0.1) is 5.82 Å². The van der Waals surface area contributed by atoms with Crippen LogP contribution in [0.15, 0.2) is 48.5 Å². The van der Waals surface area contributed by atoms with Crippen molar-refractivity contribution in [1.82, 2.24) is 14.5 Å². The summed E-state index contributed by atoms with van der Waals surface area (Å²) < 4.78 is 41.5. The van der Waals surface area contributed by atoms with Gasteiger partial charge in [0.1, 0.15) is 18.4 Å². The maximum Gasteiger partial charge on any atom is 0.304 e. The van der Waals surface area contributed by atoms with Crippen molar-refractivity contribution < 1.29 is 22.4 Å². The quantitative estimate of drug-likeness (QED) is 0.542. The lowest BCUT2D eigenvalue weighted by Gasteiger charge is -2.34. The molecular formula is C24H32ClFN4O4S. The van der Waals surface area contributed by atoms with E-state index in [1.807, 2.05) is 20.8 Å². The van der Waals surface area contributed by atoms with Gasteiger partial charge in [-0.3, -0.25) is 9.59 Å². The van der Waals surface area contributed by atoms with Gasteiger partial charge < -0.3 is 10.2 Å². The Bertz CT molecular complexity index is 1150. The summed E-state index contributed by atoms with van der Waals surface area (Å²) in [6.45, 7) is 6.46. The van der Waals surface area contributed by atoms with Crippen molar-refractivity contribution in [3.8, 4) is 0 Å². The van der Waals surface area contributed by atoms with Gasteiger partial charge in [0.25, 0.3) is 0 Å². The minimum Gasteiger partial charge on any atom is -0.350 e. The zero-order valence-corrected chi connectivity index (χ0v) is 22.3.